The van der Waals surface area contributed by atoms with E-state index in [9.17, 15) is 9.18 Å². The molecule has 1 atom stereocenters. The van der Waals surface area contributed by atoms with Gasteiger partial charge in [0.2, 0.25) is 0 Å². The second-order valence-corrected chi connectivity index (χ2v) is 6.50. The molecule has 0 aliphatic carbocycles. The van der Waals surface area contributed by atoms with Crippen molar-refractivity contribution in [3.63, 3.8) is 0 Å². The molecule has 2 aromatic carbocycles. The number of aryl methyl sites for hydroxylation is 1. The van der Waals surface area contributed by atoms with E-state index in [0.717, 1.165) is 17.7 Å². The number of benzene rings is 2. The van der Waals surface area contributed by atoms with Crippen LogP contribution < -0.4 is 10.6 Å². The summed E-state index contributed by atoms with van der Waals surface area (Å²) in [5.74, 6) is -0.642. The van der Waals surface area contributed by atoms with Crippen molar-refractivity contribution in [1.82, 2.24) is 10.3 Å². The topological polar surface area (TPSA) is 66.2 Å². The highest BCUT2D eigenvalue weighted by molar-refractivity contribution is 6.06. The van der Waals surface area contributed by atoms with Gasteiger partial charge in [-0.25, -0.2) is 4.39 Å². The maximum absolute atomic E-state index is 14.0. The smallest absolute Gasteiger partial charge is 0.272 e. The third-order valence-electron chi connectivity index (χ3n) is 4.66. The van der Waals surface area contributed by atoms with E-state index >= 15 is 0 Å². The Labute approximate surface area is 150 Å². The van der Waals surface area contributed by atoms with Gasteiger partial charge in [0.1, 0.15) is 11.5 Å². The van der Waals surface area contributed by atoms with Gasteiger partial charge in [0.25, 0.3) is 5.91 Å². The number of hydrogen-bond acceptors (Lipinski definition) is 3. The molecule has 3 aromatic rings. The van der Waals surface area contributed by atoms with Gasteiger partial charge in [-0.15, -0.1) is 0 Å². The number of aromatic nitrogens is 1. The van der Waals surface area contributed by atoms with Gasteiger partial charge in [-0.1, -0.05) is 18.2 Å². The molecule has 1 aliphatic heterocycles. The lowest BCUT2D eigenvalue weighted by Crippen LogP contribution is -2.34. The van der Waals surface area contributed by atoms with Crippen LogP contribution in [0.4, 0.5) is 10.1 Å². The largest absolute Gasteiger partial charge is 0.378 e. The lowest BCUT2D eigenvalue weighted by Gasteiger charge is -2.24. The molecule has 1 aliphatic rings. The van der Waals surface area contributed by atoms with Crippen LogP contribution in [0.5, 0.6) is 0 Å². The monoisotopic (exact) mass is 353 g/mol. The maximum Gasteiger partial charge on any atom is 0.272 e. The van der Waals surface area contributed by atoms with Gasteiger partial charge in [-0.05, 0) is 42.3 Å². The van der Waals surface area contributed by atoms with Crippen molar-refractivity contribution in [2.75, 3.05) is 25.1 Å². The Bertz CT molecular complexity index is 922. The molecule has 1 aromatic heterocycles. The average Bonchev–Trinajstić information content (AvgIpc) is 3.13. The first-order valence-corrected chi connectivity index (χ1v) is 8.62. The SMILES string of the molecule is Cc1ccc(F)c2cc(C(=O)Nc3cccc(C4COCCN4)c3)[nH]c12. The van der Waals surface area contributed by atoms with E-state index in [4.69, 9.17) is 4.74 Å². The highest BCUT2D eigenvalue weighted by atomic mass is 19.1. The van der Waals surface area contributed by atoms with Gasteiger partial charge in [-0.2, -0.15) is 0 Å². The fraction of sp³-hybridized carbons (Fsp3) is 0.250. The molecule has 134 valence electrons. The van der Waals surface area contributed by atoms with Gasteiger partial charge < -0.3 is 20.4 Å². The molecule has 3 N–H and O–H groups in total. The predicted octanol–water partition coefficient (Wildman–Crippen LogP) is 3.53. The Hall–Kier alpha value is -2.70. The van der Waals surface area contributed by atoms with Crippen molar-refractivity contribution in [2.45, 2.75) is 13.0 Å². The number of fused-ring (bicyclic) bond motifs is 1. The summed E-state index contributed by atoms with van der Waals surface area (Å²) < 4.78 is 19.5. The van der Waals surface area contributed by atoms with Gasteiger partial charge in [0, 0.05) is 17.6 Å². The fourth-order valence-electron chi connectivity index (χ4n) is 3.26. The maximum atomic E-state index is 14.0. The van der Waals surface area contributed by atoms with Crippen LogP contribution in [-0.2, 0) is 4.74 Å². The minimum atomic E-state index is -0.341. The van der Waals surface area contributed by atoms with Gasteiger partial charge in [-0.3, -0.25) is 4.79 Å². The first-order valence-electron chi connectivity index (χ1n) is 8.62. The molecule has 5 nitrogen and oxygen atoms in total. The van der Waals surface area contributed by atoms with Crippen molar-refractivity contribution in [1.29, 1.82) is 0 Å². The average molecular weight is 353 g/mol. The summed E-state index contributed by atoms with van der Waals surface area (Å²) in [6.45, 7) is 4.01. The number of morpholine rings is 1. The normalized spacial score (nSPS) is 17.4. The summed E-state index contributed by atoms with van der Waals surface area (Å²) in [5, 5.41) is 6.69. The fourth-order valence-corrected chi connectivity index (χ4v) is 3.26. The highest BCUT2D eigenvalue weighted by Crippen LogP contribution is 2.24. The molecular weight excluding hydrogens is 333 g/mol. The first kappa shape index (κ1) is 16.8. The summed E-state index contributed by atoms with van der Waals surface area (Å²) in [5.41, 5.74) is 3.62. The summed E-state index contributed by atoms with van der Waals surface area (Å²) in [4.78, 5) is 15.6. The van der Waals surface area contributed by atoms with Crippen molar-refractivity contribution in [3.8, 4) is 0 Å². The molecule has 0 spiro atoms. The molecule has 2 heterocycles. The molecule has 1 saturated heterocycles. The molecule has 0 saturated carbocycles. The van der Waals surface area contributed by atoms with Crippen LogP contribution in [0.25, 0.3) is 10.9 Å². The number of H-pyrrole nitrogens is 1. The summed E-state index contributed by atoms with van der Waals surface area (Å²) >= 11 is 0. The molecular formula is C20H20FN3O2. The number of amides is 1. The van der Waals surface area contributed by atoms with Crippen molar-refractivity contribution in [3.05, 3.63) is 65.1 Å². The van der Waals surface area contributed by atoms with E-state index in [2.05, 4.69) is 15.6 Å². The summed E-state index contributed by atoms with van der Waals surface area (Å²) in [6.07, 6.45) is 0. The molecule has 1 unspecified atom stereocenters. The number of anilines is 1. The van der Waals surface area contributed by atoms with E-state index in [1.165, 1.54) is 6.07 Å². The minimum Gasteiger partial charge on any atom is -0.378 e. The molecule has 4 rings (SSSR count). The van der Waals surface area contributed by atoms with Crippen LogP contribution in [0.1, 0.15) is 27.7 Å². The van der Waals surface area contributed by atoms with Crippen molar-refractivity contribution >= 4 is 22.5 Å². The molecule has 1 amide bonds. The second-order valence-electron chi connectivity index (χ2n) is 6.50. The van der Waals surface area contributed by atoms with E-state index in [-0.39, 0.29) is 17.8 Å². The molecule has 1 fully saturated rings. The summed E-state index contributed by atoms with van der Waals surface area (Å²) in [6, 6.07) is 12.4. The van der Waals surface area contributed by atoms with E-state index in [1.54, 1.807) is 12.1 Å². The van der Waals surface area contributed by atoms with Gasteiger partial charge in [0.05, 0.1) is 24.8 Å². The first-order chi connectivity index (χ1) is 12.6. The number of carbonyl (C=O) groups excluding carboxylic acids is 1. The van der Waals surface area contributed by atoms with Crippen LogP contribution in [0.2, 0.25) is 0 Å². The quantitative estimate of drug-likeness (QED) is 0.675. The second kappa shape index (κ2) is 6.90. The third-order valence-corrected chi connectivity index (χ3v) is 4.66. The molecule has 0 radical (unpaired) electrons. The number of hydrogen-bond donors (Lipinski definition) is 3. The zero-order chi connectivity index (χ0) is 18.1. The lowest BCUT2D eigenvalue weighted by molar-refractivity contribution is 0.0769. The van der Waals surface area contributed by atoms with E-state index in [0.29, 0.717) is 35.5 Å². The van der Waals surface area contributed by atoms with Crippen molar-refractivity contribution < 1.29 is 13.9 Å². The zero-order valence-corrected chi connectivity index (χ0v) is 14.4. The number of rotatable bonds is 3. The van der Waals surface area contributed by atoms with Crippen molar-refractivity contribution in [2.24, 2.45) is 0 Å². The highest BCUT2D eigenvalue weighted by Gasteiger charge is 2.17. The lowest BCUT2D eigenvalue weighted by atomic mass is 10.1. The molecule has 0 bridgehead atoms. The van der Waals surface area contributed by atoms with Crippen LogP contribution in [0, 0.1) is 12.7 Å². The number of aromatic amines is 1. The van der Waals surface area contributed by atoms with Gasteiger partial charge in [0.15, 0.2) is 0 Å². The number of nitrogens with one attached hydrogen (secondary N) is 3. The van der Waals surface area contributed by atoms with Gasteiger partial charge >= 0.3 is 0 Å². The summed E-state index contributed by atoms with van der Waals surface area (Å²) in [7, 11) is 0. The van der Waals surface area contributed by atoms with Crippen LogP contribution in [0.3, 0.4) is 0 Å². The molecule has 26 heavy (non-hydrogen) atoms. The molecule has 6 heteroatoms. The Morgan fingerprint density at radius 3 is 2.92 bits per heavy atom. The number of halogens is 1. The number of ether oxygens (including phenoxy) is 1. The van der Waals surface area contributed by atoms with E-state index < -0.39 is 0 Å². The Kier molecular flexibility index (Phi) is 4.44. The zero-order valence-electron chi connectivity index (χ0n) is 14.4. The van der Waals surface area contributed by atoms with E-state index in [1.807, 2.05) is 31.2 Å². The Morgan fingerprint density at radius 2 is 2.15 bits per heavy atom. The van der Waals surface area contributed by atoms with Crippen LogP contribution in [0.15, 0.2) is 42.5 Å². The number of carbonyl (C=O) groups is 1. The van der Waals surface area contributed by atoms with Crippen LogP contribution in [-0.4, -0.2) is 30.6 Å². The van der Waals surface area contributed by atoms with Crippen LogP contribution >= 0.6 is 0 Å². The Morgan fingerprint density at radius 1 is 1.27 bits per heavy atom. The minimum absolute atomic E-state index is 0.116. The Balaban J connectivity index is 1.56. The third kappa shape index (κ3) is 3.21. The predicted molar refractivity (Wildman–Crippen MR) is 99.0 cm³/mol. The standard InChI is InChI=1S/C20H20FN3O2/c1-12-5-6-16(21)15-10-17(24-19(12)15)20(25)23-14-4-2-3-13(9-14)18-11-26-8-7-22-18/h2-6,9-10,18,22,24H,7-8,11H2,1H3,(H,23,25).